The first-order chi connectivity index (χ1) is 13.5. The van der Waals surface area contributed by atoms with Crippen LogP contribution in [0.25, 0.3) is 16.9 Å². The van der Waals surface area contributed by atoms with Gasteiger partial charge in [0.25, 0.3) is 5.56 Å². The minimum Gasteiger partial charge on any atom is -0.378 e. The fraction of sp³-hybridized carbons (Fsp3) is 0.273. The molecule has 0 aliphatic carbocycles. The van der Waals surface area contributed by atoms with Crippen molar-refractivity contribution in [3.63, 3.8) is 0 Å². The molecule has 1 N–H and O–H groups in total. The molecular formula is C22H25N5O. The Morgan fingerprint density at radius 2 is 2.11 bits per heavy atom. The Hall–Kier alpha value is -3.12. The van der Waals surface area contributed by atoms with E-state index in [0.29, 0.717) is 11.3 Å². The number of piperazine rings is 1. The van der Waals surface area contributed by atoms with Gasteiger partial charge in [0.05, 0.1) is 11.4 Å². The van der Waals surface area contributed by atoms with E-state index in [2.05, 4.69) is 16.8 Å². The van der Waals surface area contributed by atoms with Crippen LogP contribution >= 0.6 is 0 Å². The van der Waals surface area contributed by atoms with Crippen LogP contribution in [-0.4, -0.2) is 49.2 Å². The maximum absolute atomic E-state index is 12.8. The van der Waals surface area contributed by atoms with Crippen molar-refractivity contribution in [2.45, 2.75) is 6.04 Å². The standard InChI is InChI=1S/C22H25N5O/c1-4-17-14-26(11-10-23-17)19-8-9-21-24-20(13-22(28)27(21)15-19)16-6-5-7-18(12-16)25(2)3/h4-9,12-13,15,17,23H,1,10-11,14H2,2-3H3/t17-/m0/s1. The predicted molar refractivity (Wildman–Crippen MR) is 115 cm³/mol. The minimum absolute atomic E-state index is 0.0764. The number of fused-ring (bicyclic) bond motifs is 1. The van der Waals surface area contributed by atoms with E-state index in [1.165, 1.54) is 0 Å². The van der Waals surface area contributed by atoms with E-state index in [4.69, 9.17) is 4.98 Å². The lowest BCUT2D eigenvalue weighted by Crippen LogP contribution is -2.49. The number of hydrogen-bond acceptors (Lipinski definition) is 5. The van der Waals surface area contributed by atoms with Gasteiger partial charge in [-0.1, -0.05) is 18.2 Å². The summed E-state index contributed by atoms with van der Waals surface area (Å²) in [5.41, 5.74) is 4.29. The number of aromatic nitrogens is 2. The minimum atomic E-state index is -0.0764. The lowest BCUT2D eigenvalue weighted by Gasteiger charge is -2.33. The Balaban J connectivity index is 1.72. The van der Waals surface area contributed by atoms with Gasteiger partial charge in [0.2, 0.25) is 0 Å². The molecule has 4 rings (SSSR count). The normalized spacial score (nSPS) is 16.9. The summed E-state index contributed by atoms with van der Waals surface area (Å²) in [5.74, 6) is 0. The molecule has 1 aromatic carbocycles. The van der Waals surface area contributed by atoms with Gasteiger partial charge in [0.1, 0.15) is 5.65 Å². The maximum Gasteiger partial charge on any atom is 0.258 e. The lowest BCUT2D eigenvalue weighted by atomic mass is 10.1. The molecule has 6 heteroatoms. The molecule has 28 heavy (non-hydrogen) atoms. The summed E-state index contributed by atoms with van der Waals surface area (Å²) in [6, 6.07) is 13.9. The van der Waals surface area contributed by atoms with Gasteiger partial charge in [-0.05, 0) is 24.3 Å². The van der Waals surface area contributed by atoms with Crippen molar-refractivity contribution in [3.05, 3.63) is 71.7 Å². The van der Waals surface area contributed by atoms with Crippen molar-refractivity contribution in [2.75, 3.05) is 43.5 Å². The first-order valence-corrected chi connectivity index (χ1v) is 9.47. The van der Waals surface area contributed by atoms with Gasteiger partial charge < -0.3 is 15.1 Å². The van der Waals surface area contributed by atoms with E-state index in [1.54, 1.807) is 10.5 Å². The van der Waals surface area contributed by atoms with E-state index >= 15 is 0 Å². The van der Waals surface area contributed by atoms with Gasteiger partial charge in [0.15, 0.2) is 0 Å². The van der Waals surface area contributed by atoms with Crippen LogP contribution in [0.3, 0.4) is 0 Å². The molecule has 2 aromatic heterocycles. The molecule has 0 amide bonds. The second kappa shape index (κ2) is 7.48. The summed E-state index contributed by atoms with van der Waals surface area (Å²) in [6.07, 6.45) is 3.81. The number of rotatable bonds is 4. The fourth-order valence-electron chi connectivity index (χ4n) is 3.54. The van der Waals surface area contributed by atoms with E-state index in [-0.39, 0.29) is 11.6 Å². The average Bonchev–Trinajstić information content (AvgIpc) is 2.73. The molecule has 1 saturated heterocycles. The third-order valence-corrected chi connectivity index (χ3v) is 5.16. The molecule has 6 nitrogen and oxygen atoms in total. The van der Waals surface area contributed by atoms with Crippen LogP contribution in [0.15, 0.2) is 66.1 Å². The highest BCUT2D eigenvalue weighted by Gasteiger charge is 2.18. The van der Waals surface area contributed by atoms with Crippen LogP contribution in [0.1, 0.15) is 0 Å². The van der Waals surface area contributed by atoms with Crippen molar-refractivity contribution in [1.29, 1.82) is 0 Å². The first-order valence-electron chi connectivity index (χ1n) is 9.47. The van der Waals surface area contributed by atoms with E-state index in [1.807, 2.05) is 67.7 Å². The smallest absolute Gasteiger partial charge is 0.258 e. The van der Waals surface area contributed by atoms with Gasteiger partial charge in [-0.2, -0.15) is 0 Å². The van der Waals surface area contributed by atoms with Crippen LogP contribution < -0.4 is 20.7 Å². The van der Waals surface area contributed by atoms with Crippen molar-refractivity contribution in [3.8, 4) is 11.3 Å². The molecule has 144 valence electrons. The summed E-state index contributed by atoms with van der Waals surface area (Å²) in [5, 5.41) is 3.41. The van der Waals surface area contributed by atoms with Crippen molar-refractivity contribution in [2.24, 2.45) is 0 Å². The van der Waals surface area contributed by atoms with Gasteiger partial charge in [0, 0.05) is 63.3 Å². The number of benzene rings is 1. The number of nitrogens with zero attached hydrogens (tertiary/aromatic N) is 4. The highest BCUT2D eigenvalue weighted by atomic mass is 16.1. The lowest BCUT2D eigenvalue weighted by molar-refractivity contribution is 0.518. The first kappa shape index (κ1) is 18.3. The molecular weight excluding hydrogens is 350 g/mol. The largest absolute Gasteiger partial charge is 0.378 e. The molecule has 1 atom stereocenters. The number of pyridine rings is 1. The SMILES string of the molecule is C=C[C@H]1CN(c2ccc3nc(-c4cccc(N(C)C)c4)cc(=O)n3c2)CCN1. The zero-order valence-corrected chi connectivity index (χ0v) is 16.3. The maximum atomic E-state index is 12.8. The Kier molecular flexibility index (Phi) is 4.88. The number of hydrogen-bond donors (Lipinski definition) is 1. The third-order valence-electron chi connectivity index (χ3n) is 5.16. The fourth-order valence-corrected chi connectivity index (χ4v) is 3.54. The van der Waals surface area contributed by atoms with Crippen molar-refractivity contribution < 1.29 is 0 Å². The van der Waals surface area contributed by atoms with Crippen LogP contribution in [-0.2, 0) is 0 Å². The molecule has 3 aromatic rings. The highest BCUT2D eigenvalue weighted by molar-refractivity contribution is 5.67. The highest BCUT2D eigenvalue weighted by Crippen LogP contribution is 2.23. The number of anilines is 2. The molecule has 1 aliphatic rings. The van der Waals surface area contributed by atoms with Crippen LogP contribution in [0.4, 0.5) is 11.4 Å². The summed E-state index contributed by atoms with van der Waals surface area (Å²) in [6.45, 7) is 6.50. The summed E-state index contributed by atoms with van der Waals surface area (Å²) < 4.78 is 1.62. The molecule has 0 radical (unpaired) electrons. The van der Waals surface area contributed by atoms with Crippen molar-refractivity contribution >= 4 is 17.0 Å². The van der Waals surface area contributed by atoms with Gasteiger partial charge in [-0.3, -0.25) is 9.20 Å². The van der Waals surface area contributed by atoms with E-state index in [9.17, 15) is 4.79 Å². The molecule has 1 aliphatic heterocycles. The summed E-state index contributed by atoms with van der Waals surface area (Å²) in [4.78, 5) is 21.8. The zero-order valence-electron chi connectivity index (χ0n) is 16.3. The van der Waals surface area contributed by atoms with E-state index in [0.717, 1.165) is 36.6 Å². The second-order valence-corrected chi connectivity index (χ2v) is 7.28. The Bertz CT molecular complexity index is 1070. The van der Waals surface area contributed by atoms with Crippen LogP contribution in [0.2, 0.25) is 0 Å². The zero-order chi connectivity index (χ0) is 19.7. The molecule has 0 spiro atoms. The quantitative estimate of drug-likeness (QED) is 0.710. The van der Waals surface area contributed by atoms with E-state index < -0.39 is 0 Å². The van der Waals surface area contributed by atoms with Gasteiger partial charge >= 0.3 is 0 Å². The monoisotopic (exact) mass is 375 g/mol. The van der Waals surface area contributed by atoms with Gasteiger partial charge in [-0.15, -0.1) is 6.58 Å². The average molecular weight is 375 g/mol. The third kappa shape index (κ3) is 3.51. The van der Waals surface area contributed by atoms with Gasteiger partial charge in [-0.25, -0.2) is 4.98 Å². The topological polar surface area (TPSA) is 52.9 Å². The summed E-state index contributed by atoms with van der Waals surface area (Å²) in [7, 11) is 3.99. The molecule has 0 bridgehead atoms. The second-order valence-electron chi connectivity index (χ2n) is 7.28. The Labute approximate surface area is 164 Å². The molecule has 0 saturated carbocycles. The molecule has 3 heterocycles. The number of nitrogens with one attached hydrogen (secondary N) is 1. The summed E-state index contributed by atoms with van der Waals surface area (Å²) >= 11 is 0. The molecule has 1 fully saturated rings. The Morgan fingerprint density at radius 3 is 2.89 bits per heavy atom. The van der Waals surface area contributed by atoms with Crippen LogP contribution in [0.5, 0.6) is 0 Å². The predicted octanol–water partition coefficient (Wildman–Crippen LogP) is 2.39. The van der Waals surface area contributed by atoms with Crippen molar-refractivity contribution in [1.82, 2.24) is 14.7 Å². The van der Waals surface area contributed by atoms with Crippen LogP contribution in [0, 0.1) is 0 Å². The Morgan fingerprint density at radius 1 is 1.25 bits per heavy atom. The molecule has 0 unspecified atom stereocenters.